The van der Waals surface area contributed by atoms with Crippen LogP contribution in [0.15, 0.2) is 30.6 Å². The van der Waals surface area contributed by atoms with Crippen LogP contribution >= 0.6 is 11.6 Å². The first-order valence-electron chi connectivity index (χ1n) is 8.28. The highest BCUT2D eigenvalue weighted by atomic mass is 35.5. The average Bonchev–Trinajstić information content (AvgIpc) is 3.13. The highest BCUT2D eigenvalue weighted by Crippen LogP contribution is 2.36. The molecule has 8 nitrogen and oxygen atoms in total. The van der Waals surface area contributed by atoms with E-state index in [1.54, 1.807) is 46.9 Å². The Hall–Kier alpha value is -3.26. The molecule has 0 N–H and O–H groups in total. The fraction of sp³-hybridized carbons (Fsp3) is 0.211. The Morgan fingerprint density at radius 2 is 1.32 bits per heavy atom. The van der Waals surface area contributed by atoms with Gasteiger partial charge >= 0.3 is 0 Å². The minimum atomic E-state index is 0.108. The van der Waals surface area contributed by atoms with E-state index < -0.39 is 0 Å². The fourth-order valence-corrected chi connectivity index (χ4v) is 3.27. The van der Waals surface area contributed by atoms with Gasteiger partial charge in [-0.15, -0.1) is 0 Å². The summed E-state index contributed by atoms with van der Waals surface area (Å²) in [7, 11) is 6.30. The maximum Gasteiger partial charge on any atom is 0.224 e. The maximum absolute atomic E-state index is 6.19. The molecule has 0 bridgehead atoms. The van der Waals surface area contributed by atoms with Crippen LogP contribution in [0, 0.1) is 0 Å². The Kier molecular flexibility index (Phi) is 4.56. The van der Waals surface area contributed by atoms with Crippen molar-refractivity contribution in [2.24, 2.45) is 0 Å². The van der Waals surface area contributed by atoms with Crippen LogP contribution in [0.3, 0.4) is 0 Å². The number of halogens is 1. The minimum absolute atomic E-state index is 0.108. The largest absolute Gasteiger partial charge is 0.493 e. The monoisotopic (exact) mass is 400 g/mol. The Balaban J connectivity index is 2.03. The predicted molar refractivity (Wildman–Crippen MR) is 105 cm³/mol. The van der Waals surface area contributed by atoms with E-state index >= 15 is 0 Å². The summed E-state index contributed by atoms with van der Waals surface area (Å²) in [6.45, 7) is 0. The van der Waals surface area contributed by atoms with E-state index in [0.717, 1.165) is 16.4 Å². The molecule has 2 aromatic heterocycles. The summed E-state index contributed by atoms with van der Waals surface area (Å²) in [6, 6.07) is 7.21. The molecular weight excluding hydrogens is 384 g/mol. The van der Waals surface area contributed by atoms with Crippen molar-refractivity contribution in [3.05, 3.63) is 35.9 Å². The van der Waals surface area contributed by atoms with Gasteiger partial charge < -0.3 is 18.9 Å². The van der Waals surface area contributed by atoms with E-state index in [4.69, 9.17) is 30.5 Å². The molecule has 28 heavy (non-hydrogen) atoms. The quantitative estimate of drug-likeness (QED) is 0.473. The lowest BCUT2D eigenvalue weighted by Gasteiger charge is -2.13. The lowest BCUT2D eigenvalue weighted by Crippen LogP contribution is -2.01. The summed E-state index contributed by atoms with van der Waals surface area (Å²) in [5.41, 5.74) is 2.12. The third kappa shape index (κ3) is 2.82. The molecular formula is C19H17ClN4O4. The van der Waals surface area contributed by atoms with Crippen LogP contribution in [-0.2, 0) is 0 Å². The summed E-state index contributed by atoms with van der Waals surface area (Å²) < 4.78 is 23.4. The first-order valence-corrected chi connectivity index (χ1v) is 8.66. The van der Waals surface area contributed by atoms with Crippen LogP contribution in [0.25, 0.3) is 27.8 Å². The summed E-state index contributed by atoms with van der Waals surface area (Å²) in [5, 5.41) is 0.841. The van der Waals surface area contributed by atoms with Crippen molar-refractivity contribution in [2.45, 2.75) is 0 Å². The molecule has 0 spiro atoms. The molecule has 4 rings (SSSR count). The van der Waals surface area contributed by atoms with Crippen molar-refractivity contribution < 1.29 is 18.9 Å². The highest BCUT2D eigenvalue weighted by Gasteiger charge is 2.17. The SMILES string of the molecule is COc1cc2nc(Cl)nc(-n3cnc4cc(OC)c(OC)cc43)c2cc1OC. The van der Waals surface area contributed by atoms with E-state index in [1.807, 2.05) is 16.7 Å². The molecule has 0 aliphatic heterocycles. The molecule has 0 atom stereocenters. The van der Waals surface area contributed by atoms with Crippen LogP contribution in [-0.4, -0.2) is 48.0 Å². The summed E-state index contributed by atoms with van der Waals surface area (Å²) >= 11 is 6.19. The van der Waals surface area contributed by atoms with Crippen molar-refractivity contribution in [3.63, 3.8) is 0 Å². The predicted octanol–water partition coefficient (Wildman–Crippen LogP) is 3.66. The van der Waals surface area contributed by atoms with Crippen LogP contribution in [0.2, 0.25) is 5.28 Å². The van der Waals surface area contributed by atoms with Gasteiger partial charge in [0.1, 0.15) is 6.33 Å². The maximum atomic E-state index is 6.19. The van der Waals surface area contributed by atoms with Gasteiger partial charge in [0, 0.05) is 23.6 Å². The summed E-state index contributed by atoms with van der Waals surface area (Å²) in [5.74, 6) is 2.85. The summed E-state index contributed by atoms with van der Waals surface area (Å²) in [4.78, 5) is 13.2. The van der Waals surface area contributed by atoms with Gasteiger partial charge in [-0.3, -0.25) is 4.57 Å². The molecule has 2 heterocycles. The molecule has 0 saturated heterocycles. The van der Waals surface area contributed by atoms with Crippen LogP contribution in [0.4, 0.5) is 0 Å². The number of nitrogens with zero attached hydrogens (tertiary/aromatic N) is 4. The van der Waals surface area contributed by atoms with Crippen molar-refractivity contribution in [3.8, 4) is 28.8 Å². The molecule has 0 fully saturated rings. The Labute approximate surface area is 165 Å². The first kappa shape index (κ1) is 18.1. The van der Waals surface area contributed by atoms with Gasteiger partial charge in [-0.25, -0.2) is 9.97 Å². The number of aromatic nitrogens is 4. The van der Waals surface area contributed by atoms with Gasteiger partial charge in [0.15, 0.2) is 28.8 Å². The second-order valence-corrected chi connectivity index (χ2v) is 6.19. The lowest BCUT2D eigenvalue weighted by atomic mass is 10.2. The molecule has 144 valence electrons. The zero-order valence-electron chi connectivity index (χ0n) is 15.7. The zero-order valence-corrected chi connectivity index (χ0v) is 16.4. The number of hydrogen-bond donors (Lipinski definition) is 0. The van der Waals surface area contributed by atoms with Gasteiger partial charge in [-0.05, 0) is 17.7 Å². The van der Waals surface area contributed by atoms with Crippen LogP contribution in [0.1, 0.15) is 0 Å². The standard InChI is InChI=1S/C19H17ClN4O4/c1-25-14-5-10-11(6-15(14)26-2)22-19(20)23-18(10)24-9-21-12-7-16(27-3)17(28-4)8-13(12)24/h5-9H,1-4H3. The van der Waals surface area contributed by atoms with E-state index in [-0.39, 0.29) is 5.28 Å². The lowest BCUT2D eigenvalue weighted by molar-refractivity contribution is 0.355. The number of ether oxygens (including phenoxy) is 4. The molecule has 0 aliphatic carbocycles. The second-order valence-electron chi connectivity index (χ2n) is 5.85. The average molecular weight is 401 g/mol. The third-order valence-corrected chi connectivity index (χ3v) is 4.60. The molecule has 0 aliphatic rings. The van der Waals surface area contributed by atoms with Gasteiger partial charge in [0.25, 0.3) is 0 Å². The Morgan fingerprint density at radius 3 is 1.96 bits per heavy atom. The molecule has 0 amide bonds. The topological polar surface area (TPSA) is 80.5 Å². The van der Waals surface area contributed by atoms with Crippen molar-refractivity contribution in [1.82, 2.24) is 19.5 Å². The number of imidazole rings is 1. The highest BCUT2D eigenvalue weighted by molar-refractivity contribution is 6.28. The number of hydrogen-bond acceptors (Lipinski definition) is 7. The Bertz CT molecular complexity index is 1190. The molecule has 0 radical (unpaired) electrons. The molecule has 0 saturated carbocycles. The minimum Gasteiger partial charge on any atom is -0.493 e. The molecule has 4 aromatic rings. The second kappa shape index (κ2) is 7.05. The van der Waals surface area contributed by atoms with Crippen molar-refractivity contribution >= 4 is 33.5 Å². The summed E-state index contributed by atoms with van der Waals surface area (Å²) in [6.07, 6.45) is 1.67. The van der Waals surface area contributed by atoms with E-state index in [2.05, 4.69) is 15.0 Å². The van der Waals surface area contributed by atoms with E-state index in [0.29, 0.717) is 34.3 Å². The van der Waals surface area contributed by atoms with Gasteiger partial charge in [-0.2, -0.15) is 4.98 Å². The van der Waals surface area contributed by atoms with Gasteiger partial charge in [0.05, 0.1) is 45.0 Å². The van der Waals surface area contributed by atoms with E-state index in [9.17, 15) is 0 Å². The van der Waals surface area contributed by atoms with E-state index in [1.165, 1.54) is 0 Å². The number of rotatable bonds is 5. The van der Waals surface area contributed by atoms with Crippen molar-refractivity contribution in [2.75, 3.05) is 28.4 Å². The number of fused-ring (bicyclic) bond motifs is 2. The zero-order chi connectivity index (χ0) is 19.8. The normalized spacial score (nSPS) is 11.0. The number of benzene rings is 2. The van der Waals surface area contributed by atoms with Gasteiger partial charge in [0.2, 0.25) is 5.28 Å². The smallest absolute Gasteiger partial charge is 0.224 e. The van der Waals surface area contributed by atoms with Crippen molar-refractivity contribution in [1.29, 1.82) is 0 Å². The molecule has 2 aromatic carbocycles. The molecule has 0 unspecified atom stereocenters. The fourth-order valence-electron chi connectivity index (χ4n) is 3.10. The first-order chi connectivity index (χ1) is 13.6. The van der Waals surface area contributed by atoms with Crippen LogP contribution in [0.5, 0.6) is 23.0 Å². The third-order valence-electron chi connectivity index (χ3n) is 4.43. The van der Waals surface area contributed by atoms with Gasteiger partial charge in [-0.1, -0.05) is 0 Å². The van der Waals surface area contributed by atoms with Crippen LogP contribution < -0.4 is 18.9 Å². The number of methoxy groups -OCH3 is 4. The Morgan fingerprint density at radius 1 is 0.750 bits per heavy atom. The molecule has 9 heteroatoms.